The van der Waals surface area contributed by atoms with Crippen molar-refractivity contribution in [2.75, 3.05) is 7.11 Å². The number of aromatic nitrogens is 2. The predicted molar refractivity (Wildman–Crippen MR) is 164 cm³/mol. The van der Waals surface area contributed by atoms with Gasteiger partial charge in [0.1, 0.15) is 0 Å². The summed E-state index contributed by atoms with van der Waals surface area (Å²) in [5.74, 6) is 0.779. The van der Waals surface area contributed by atoms with E-state index in [4.69, 9.17) is 14.7 Å². The van der Waals surface area contributed by atoms with Gasteiger partial charge in [-0.2, -0.15) is 0 Å². The summed E-state index contributed by atoms with van der Waals surface area (Å²) < 4.78 is 5.50. The quantitative estimate of drug-likeness (QED) is 0.145. The van der Waals surface area contributed by atoms with Gasteiger partial charge in [0.25, 0.3) is 0 Å². The van der Waals surface area contributed by atoms with Crippen molar-refractivity contribution in [1.82, 2.24) is 9.97 Å². The molecule has 0 bridgehead atoms. The zero-order valence-electron chi connectivity index (χ0n) is 24.1. The van der Waals surface area contributed by atoms with Crippen molar-refractivity contribution >= 4 is 20.3 Å². The summed E-state index contributed by atoms with van der Waals surface area (Å²) in [4.78, 5) is 9.87. The van der Waals surface area contributed by atoms with Gasteiger partial charge in [0, 0.05) is 17.3 Å². The van der Waals surface area contributed by atoms with Gasteiger partial charge in [-0.25, -0.2) is 0 Å². The molecule has 0 unspecified atom stereocenters. The van der Waals surface area contributed by atoms with E-state index in [0.29, 0.717) is 0 Å². The Morgan fingerprint density at radius 2 is 1.30 bits per heavy atom. The molecule has 0 spiro atoms. The Labute approximate surface area is 253 Å². The van der Waals surface area contributed by atoms with Crippen LogP contribution in [-0.4, -0.2) is 17.1 Å². The number of pyridine rings is 2. The summed E-state index contributed by atoms with van der Waals surface area (Å²) in [5.41, 5.74) is 8.36. The van der Waals surface area contributed by atoms with Crippen LogP contribution in [-0.2, 0) is 29.0 Å². The molecule has 0 radical (unpaired) electrons. The molecule has 2 aromatic heterocycles. The van der Waals surface area contributed by atoms with Crippen molar-refractivity contribution in [2.24, 2.45) is 0 Å². The van der Waals surface area contributed by atoms with Crippen molar-refractivity contribution in [1.29, 1.82) is 0 Å². The van der Waals surface area contributed by atoms with Crippen LogP contribution in [0.25, 0.3) is 44.5 Å². The van der Waals surface area contributed by atoms with Crippen molar-refractivity contribution < 1.29 is 22.9 Å². The zero-order chi connectivity index (χ0) is 29.1. The van der Waals surface area contributed by atoms with Gasteiger partial charge in [-0.05, 0) is 56.3 Å². The normalized spacial score (nSPS) is 11.7. The van der Waals surface area contributed by atoms with Gasteiger partial charge in [0.2, 0.25) is 0 Å². The number of fused-ring (bicyclic) bond motifs is 1. The van der Waals surface area contributed by atoms with Crippen molar-refractivity contribution in [3.05, 3.63) is 102 Å². The van der Waals surface area contributed by atoms with E-state index in [2.05, 4.69) is 130 Å². The van der Waals surface area contributed by atoms with E-state index in [1.807, 2.05) is 30.5 Å². The molecule has 0 N–H and O–H groups in total. The van der Waals surface area contributed by atoms with Crippen LogP contribution in [0.2, 0.25) is 0 Å². The molecule has 0 fully saturated rings. The summed E-state index contributed by atoms with van der Waals surface area (Å²) in [6.45, 7) is 13.6. The van der Waals surface area contributed by atoms with Crippen LogP contribution in [0.1, 0.15) is 52.7 Å². The zero-order valence-corrected chi connectivity index (χ0v) is 26.4. The van der Waals surface area contributed by atoms with Crippen molar-refractivity contribution in [2.45, 2.75) is 52.4 Å². The number of halogens is 1. The third-order valence-electron chi connectivity index (χ3n) is 7.00. The molecule has 0 saturated heterocycles. The molecule has 0 atom stereocenters. The summed E-state index contributed by atoms with van der Waals surface area (Å²) >= 11 is 2.22. The fourth-order valence-electron chi connectivity index (χ4n) is 4.57. The number of rotatable bonds is 4. The van der Waals surface area contributed by atoms with Gasteiger partial charge < -0.3 is 4.74 Å². The molecule has 0 aliphatic rings. The molecular weight excluding hydrogens is 606 g/mol. The van der Waals surface area contributed by atoms with Crippen LogP contribution in [0.15, 0.2) is 85.1 Å². The number of nitrogens with zero attached hydrogens (tertiary/aromatic N) is 2. The van der Waals surface area contributed by atoms with Gasteiger partial charge in [-0.3, -0.25) is 9.97 Å². The Morgan fingerprint density at radius 3 is 1.93 bits per heavy atom. The number of methoxy groups -OCH3 is 1. The van der Waals surface area contributed by atoms with Gasteiger partial charge in [0.05, 0.1) is 18.5 Å². The third kappa shape index (κ3) is 6.81. The Hall–Kier alpha value is -3.03. The average molecular weight is 642 g/mol. The van der Waals surface area contributed by atoms with Crippen LogP contribution in [0.5, 0.6) is 5.75 Å². The summed E-state index contributed by atoms with van der Waals surface area (Å²) in [6, 6.07) is 30.8. The fourth-order valence-corrected chi connectivity index (χ4v) is 4.57. The third-order valence-corrected chi connectivity index (χ3v) is 7.00. The number of ether oxygens (including phenoxy) is 1. The maximum atomic E-state index is 5.50. The molecule has 0 aliphatic heterocycles. The minimum atomic E-state index is 0.0230. The second kappa shape index (κ2) is 12.2. The Balaban J connectivity index is 0.00000181. The maximum absolute atomic E-state index is 5.50. The second-order valence-electron chi connectivity index (χ2n) is 12.0. The van der Waals surface area contributed by atoms with Gasteiger partial charge in [-0.15, -0.1) is 29.8 Å². The van der Waals surface area contributed by atoms with Gasteiger partial charge in [-0.1, -0.05) is 90.1 Å². The van der Waals surface area contributed by atoms with E-state index in [0.717, 1.165) is 44.7 Å². The minimum absolute atomic E-state index is 0.0230. The van der Waals surface area contributed by atoms with E-state index in [-0.39, 0.29) is 10.8 Å². The molecule has 208 valence electrons. The fraction of sp³-hybridized carbons (Fsp3) is 0.257. The van der Waals surface area contributed by atoms with Crippen LogP contribution >= 0.6 is 9.53 Å². The Bertz CT molecular complexity index is 1600. The predicted octanol–water partition coefficient (Wildman–Crippen LogP) is 9.72. The van der Waals surface area contributed by atoms with E-state index in [1.54, 1.807) is 7.11 Å². The molecular formula is C35H35ClN2OPd. The number of hydrogen-bond acceptors (Lipinski definition) is 3. The second-order valence-corrected chi connectivity index (χ2v) is 12.0. The van der Waals surface area contributed by atoms with Gasteiger partial charge in [0.15, 0.2) is 0 Å². The first-order chi connectivity index (χ1) is 19.0. The molecule has 5 aromatic rings. The summed E-state index contributed by atoms with van der Waals surface area (Å²) in [7, 11) is 6.17. The average Bonchev–Trinajstić information content (AvgIpc) is 2.96. The molecule has 40 heavy (non-hydrogen) atoms. The van der Waals surface area contributed by atoms with E-state index in [9.17, 15) is 0 Å². The Kier molecular flexibility index (Phi) is 9.16. The van der Waals surface area contributed by atoms with E-state index >= 15 is 0 Å². The van der Waals surface area contributed by atoms with Crippen LogP contribution in [0.3, 0.4) is 0 Å². The van der Waals surface area contributed by atoms with Crippen LogP contribution < -0.4 is 4.74 Å². The SMILES string of the molecule is COc1cc[c-]c(-c2cc(-c3cc(C(C)(C)C)cc(C(C)(C)C)c3)cc(-c3cc4ccccc4cn3)n2)c1.[Cl][Pd+]. The number of benzene rings is 3. The molecule has 0 saturated carbocycles. The molecule has 3 nitrogen and oxygen atoms in total. The first kappa shape index (κ1) is 29.9. The molecule has 3 aromatic carbocycles. The number of hydrogen-bond donors (Lipinski definition) is 0. The summed E-state index contributed by atoms with van der Waals surface area (Å²) in [5, 5.41) is 2.25. The van der Waals surface area contributed by atoms with Crippen molar-refractivity contribution in [3.8, 4) is 39.5 Å². The molecule has 5 heteroatoms. The molecule has 5 rings (SSSR count). The Morgan fingerprint density at radius 1 is 0.700 bits per heavy atom. The van der Waals surface area contributed by atoms with Crippen molar-refractivity contribution in [3.63, 3.8) is 0 Å². The van der Waals surface area contributed by atoms with Crippen LogP contribution in [0.4, 0.5) is 0 Å². The molecule has 0 amide bonds. The standard InChI is InChI=1S/C35H35N2O.ClH.Pd/c1-34(2,3)28-15-26(16-29(21-28)35(4,5)6)27-19-31(24-13-10-14-30(17-24)38-7)37-33(20-27)32-18-23-11-8-9-12-25(23)22-36-32;;/h8-12,14-22H,1-7H3;1H;/q-1;;+2/p-1. The first-order valence-corrected chi connectivity index (χ1v) is 15.2. The summed E-state index contributed by atoms with van der Waals surface area (Å²) in [6.07, 6.45) is 1.92. The van der Waals surface area contributed by atoms with E-state index in [1.165, 1.54) is 16.7 Å². The first-order valence-electron chi connectivity index (χ1n) is 13.2. The van der Waals surface area contributed by atoms with Crippen LogP contribution in [0, 0.1) is 6.07 Å². The molecule has 0 aliphatic carbocycles. The van der Waals surface area contributed by atoms with E-state index < -0.39 is 0 Å². The monoisotopic (exact) mass is 640 g/mol. The van der Waals surface area contributed by atoms with Gasteiger partial charge >= 0.3 is 27.7 Å². The topological polar surface area (TPSA) is 35.0 Å². The molecule has 2 heterocycles.